The van der Waals surface area contributed by atoms with Crippen molar-refractivity contribution in [2.45, 2.75) is 6.04 Å². The molecule has 1 radical (unpaired) electrons. The third-order valence-electron chi connectivity index (χ3n) is 0.793. The Morgan fingerprint density at radius 1 is 2.00 bits per heavy atom. The van der Waals surface area contributed by atoms with Crippen LogP contribution in [0.4, 0.5) is 0 Å². The number of carbonyl (C=O) groups excluding carboxylic acids is 1. The highest BCUT2D eigenvalue weighted by atomic mass is 16.1. The normalized spacial score (nSPS) is 27.1. The summed E-state index contributed by atoms with van der Waals surface area (Å²) in [6.45, 7) is 0.615. The maximum atomic E-state index is 9.73. The largest absolute Gasteiger partial charge is 0.374 e. The molecule has 0 saturated carbocycles. The minimum Gasteiger partial charge on any atom is -0.374 e. The first-order valence-corrected chi connectivity index (χ1v) is 2.06. The molecule has 1 N–H and O–H groups in total. The summed E-state index contributed by atoms with van der Waals surface area (Å²) in [6, 6.07) is -0.250. The van der Waals surface area contributed by atoms with Crippen molar-refractivity contribution in [3.05, 3.63) is 0 Å². The summed E-state index contributed by atoms with van der Waals surface area (Å²) in [5, 5.41) is 2.77. The molecule has 0 spiro atoms. The SMILES string of the molecule is O=[C]C1CNC=N1. The van der Waals surface area contributed by atoms with Gasteiger partial charge in [0.05, 0.1) is 6.34 Å². The van der Waals surface area contributed by atoms with Gasteiger partial charge in [0.2, 0.25) is 6.29 Å². The van der Waals surface area contributed by atoms with Gasteiger partial charge in [-0.15, -0.1) is 0 Å². The summed E-state index contributed by atoms with van der Waals surface area (Å²) in [5.74, 6) is 0. The lowest BCUT2D eigenvalue weighted by Gasteiger charge is -1.87. The van der Waals surface area contributed by atoms with E-state index in [2.05, 4.69) is 10.3 Å². The van der Waals surface area contributed by atoms with Crippen molar-refractivity contribution in [3.8, 4) is 0 Å². The molecule has 1 aliphatic rings. The van der Waals surface area contributed by atoms with Crippen molar-refractivity contribution < 1.29 is 4.79 Å². The Kier molecular flexibility index (Phi) is 1.06. The van der Waals surface area contributed by atoms with Crippen molar-refractivity contribution in [3.63, 3.8) is 0 Å². The minimum absolute atomic E-state index is 0.250. The maximum Gasteiger partial charge on any atom is 0.227 e. The summed E-state index contributed by atoms with van der Waals surface area (Å²) in [5.41, 5.74) is 0. The Hall–Kier alpha value is -0.860. The van der Waals surface area contributed by atoms with Gasteiger partial charge in [-0.05, 0) is 0 Å². The van der Waals surface area contributed by atoms with Crippen LogP contribution < -0.4 is 5.32 Å². The van der Waals surface area contributed by atoms with Crippen LogP contribution in [-0.2, 0) is 4.79 Å². The monoisotopic (exact) mass is 97.0 g/mol. The lowest BCUT2D eigenvalue weighted by molar-refractivity contribution is 0.544. The molecule has 0 amide bonds. The first-order valence-electron chi connectivity index (χ1n) is 2.06. The topological polar surface area (TPSA) is 41.5 Å². The van der Waals surface area contributed by atoms with Gasteiger partial charge in [0.1, 0.15) is 6.04 Å². The molecule has 0 bridgehead atoms. The molecule has 37 valence electrons. The first kappa shape index (κ1) is 4.30. The molecule has 0 aliphatic carbocycles. The lowest BCUT2D eigenvalue weighted by Crippen LogP contribution is -2.15. The van der Waals surface area contributed by atoms with Crippen molar-refractivity contribution in [1.82, 2.24) is 5.32 Å². The summed E-state index contributed by atoms with van der Waals surface area (Å²) >= 11 is 0. The molecule has 0 aromatic heterocycles. The Bertz CT molecular complexity index is 99.9. The summed E-state index contributed by atoms with van der Waals surface area (Å²) < 4.78 is 0. The van der Waals surface area contributed by atoms with Gasteiger partial charge in [0, 0.05) is 6.54 Å². The van der Waals surface area contributed by atoms with Gasteiger partial charge >= 0.3 is 0 Å². The molecule has 0 saturated heterocycles. The van der Waals surface area contributed by atoms with Crippen LogP contribution in [0.2, 0.25) is 0 Å². The van der Waals surface area contributed by atoms with E-state index in [-0.39, 0.29) is 6.04 Å². The molecule has 0 fully saturated rings. The smallest absolute Gasteiger partial charge is 0.227 e. The highest BCUT2D eigenvalue weighted by Crippen LogP contribution is 1.85. The third-order valence-corrected chi connectivity index (χ3v) is 0.793. The number of hydrogen-bond donors (Lipinski definition) is 1. The average molecular weight is 97.1 g/mol. The first-order chi connectivity index (χ1) is 3.43. The molecule has 0 aromatic rings. The molecular weight excluding hydrogens is 92.1 g/mol. The molecule has 1 aliphatic heterocycles. The highest BCUT2D eigenvalue weighted by Gasteiger charge is 2.06. The predicted molar refractivity (Wildman–Crippen MR) is 26.0 cm³/mol. The zero-order chi connectivity index (χ0) is 5.11. The fraction of sp³-hybridized carbons (Fsp3) is 0.500. The average Bonchev–Trinajstić information content (AvgIpc) is 2.14. The second-order valence-electron chi connectivity index (χ2n) is 1.32. The fourth-order valence-electron chi connectivity index (χ4n) is 0.432. The van der Waals surface area contributed by atoms with Gasteiger partial charge in [0.15, 0.2) is 0 Å². The summed E-state index contributed by atoms with van der Waals surface area (Å²) in [7, 11) is 0. The molecule has 1 atom stereocenters. The Morgan fingerprint density at radius 2 is 2.86 bits per heavy atom. The van der Waals surface area contributed by atoms with E-state index < -0.39 is 0 Å². The molecule has 1 unspecified atom stereocenters. The molecule has 1 rings (SSSR count). The standard InChI is InChI=1S/C4H5N2O/c7-2-4-1-5-3-6-4/h3-4H,1H2,(H,5,6). The molecule has 0 aromatic carbocycles. The van der Waals surface area contributed by atoms with Crippen molar-refractivity contribution in [1.29, 1.82) is 0 Å². The number of rotatable bonds is 1. The zero-order valence-electron chi connectivity index (χ0n) is 3.72. The number of hydrogen-bond acceptors (Lipinski definition) is 3. The van der Waals surface area contributed by atoms with Crippen molar-refractivity contribution >= 4 is 12.6 Å². The molecule has 3 heteroatoms. The van der Waals surface area contributed by atoms with Gasteiger partial charge in [-0.3, -0.25) is 9.79 Å². The van der Waals surface area contributed by atoms with E-state index in [4.69, 9.17) is 0 Å². The van der Waals surface area contributed by atoms with Crippen LogP contribution in [0.5, 0.6) is 0 Å². The molecule has 7 heavy (non-hydrogen) atoms. The van der Waals surface area contributed by atoms with Crippen molar-refractivity contribution in [2.24, 2.45) is 4.99 Å². The van der Waals surface area contributed by atoms with Crippen LogP contribution in [-0.4, -0.2) is 25.2 Å². The second kappa shape index (κ2) is 1.73. The molecular formula is C4H5N2O. The quantitative estimate of drug-likeness (QED) is 0.460. The second-order valence-corrected chi connectivity index (χ2v) is 1.32. The number of nitrogens with one attached hydrogen (secondary N) is 1. The van der Waals surface area contributed by atoms with Gasteiger partial charge in [-0.25, -0.2) is 0 Å². The van der Waals surface area contributed by atoms with Crippen LogP contribution >= 0.6 is 0 Å². The number of aliphatic imine (C=N–C) groups is 1. The molecule has 3 nitrogen and oxygen atoms in total. The van der Waals surface area contributed by atoms with E-state index in [1.165, 1.54) is 6.34 Å². The fourth-order valence-corrected chi connectivity index (χ4v) is 0.432. The van der Waals surface area contributed by atoms with E-state index in [0.29, 0.717) is 6.54 Å². The van der Waals surface area contributed by atoms with E-state index in [1.807, 2.05) is 0 Å². The van der Waals surface area contributed by atoms with Crippen LogP contribution in [0.1, 0.15) is 0 Å². The summed E-state index contributed by atoms with van der Waals surface area (Å²) in [4.78, 5) is 13.4. The van der Waals surface area contributed by atoms with E-state index in [9.17, 15) is 4.79 Å². The minimum atomic E-state index is -0.250. The third kappa shape index (κ3) is 0.765. The summed E-state index contributed by atoms with van der Waals surface area (Å²) in [6.07, 6.45) is 3.28. The van der Waals surface area contributed by atoms with Crippen LogP contribution in [0.3, 0.4) is 0 Å². The van der Waals surface area contributed by atoms with Gasteiger partial charge in [-0.1, -0.05) is 0 Å². The van der Waals surface area contributed by atoms with Gasteiger partial charge in [-0.2, -0.15) is 0 Å². The number of nitrogens with zero attached hydrogens (tertiary/aromatic N) is 1. The van der Waals surface area contributed by atoms with E-state index in [0.717, 1.165) is 0 Å². The van der Waals surface area contributed by atoms with Crippen LogP contribution in [0.15, 0.2) is 4.99 Å². The van der Waals surface area contributed by atoms with Gasteiger partial charge < -0.3 is 5.32 Å². The predicted octanol–water partition coefficient (Wildman–Crippen LogP) is -0.904. The molecule has 1 heterocycles. The van der Waals surface area contributed by atoms with Crippen LogP contribution in [0, 0.1) is 0 Å². The maximum absolute atomic E-state index is 9.73. The van der Waals surface area contributed by atoms with E-state index >= 15 is 0 Å². The van der Waals surface area contributed by atoms with Crippen LogP contribution in [0.25, 0.3) is 0 Å². The lowest BCUT2D eigenvalue weighted by atomic mass is 10.4. The highest BCUT2D eigenvalue weighted by molar-refractivity contribution is 5.68. The van der Waals surface area contributed by atoms with E-state index in [1.54, 1.807) is 6.29 Å². The van der Waals surface area contributed by atoms with Crippen molar-refractivity contribution in [2.75, 3.05) is 6.54 Å². The van der Waals surface area contributed by atoms with Gasteiger partial charge in [0.25, 0.3) is 0 Å². The Labute approximate surface area is 41.4 Å². The zero-order valence-corrected chi connectivity index (χ0v) is 3.72. The Morgan fingerprint density at radius 3 is 3.14 bits per heavy atom. The Balaban J connectivity index is 2.42.